The maximum atomic E-state index is 12.5. The highest BCUT2D eigenvalue weighted by Crippen LogP contribution is 2.36. The second-order valence-corrected chi connectivity index (χ2v) is 13.0. The zero-order valence-electron chi connectivity index (χ0n) is 30.0. The number of piperidine rings is 2. The Morgan fingerprint density at radius 1 is 0.712 bits per heavy atom. The second-order valence-electron chi connectivity index (χ2n) is 13.0. The van der Waals surface area contributed by atoms with Gasteiger partial charge in [0.2, 0.25) is 23.7 Å². The van der Waals surface area contributed by atoms with Crippen LogP contribution in [0.5, 0.6) is 11.8 Å². The van der Waals surface area contributed by atoms with Gasteiger partial charge in [-0.15, -0.1) is 0 Å². The molecule has 2 aromatic rings. The normalized spacial score (nSPS) is 24.8. The van der Waals surface area contributed by atoms with Gasteiger partial charge in [0.1, 0.15) is 11.1 Å². The number of carboxylic acid groups (broad SMARTS) is 2. The maximum absolute atomic E-state index is 12.5. The Morgan fingerprint density at radius 3 is 1.31 bits per heavy atom. The summed E-state index contributed by atoms with van der Waals surface area (Å²) in [6.07, 6.45) is 12.9. The van der Waals surface area contributed by atoms with Crippen LogP contribution in [-0.4, -0.2) is 127 Å². The van der Waals surface area contributed by atoms with Crippen LogP contribution in [0.25, 0.3) is 0 Å². The third-order valence-corrected chi connectivity index (χ3v) is 9.96. The minimum absolute atomic E-state index is 0.0997. The molecule has 4 bridgehead atoms. The van der Waals surface area contributed by atoms with Crippen LogP contribution in [0.15, 0.2) is 24.5 Å². The van der Waals surface area contributed by atoms with Crippen molar-refractivity contribution in [3.8, 4) is 11.8 Å². The number of anilines is 2. The number of carbonyl (C=O) groups excluding carboxylic acids is 2. The molecule has 0 aliphatic carbocycles. The van der Waals surface area contributed by atoms with Crippen molar-refractivity contribution >= 4 is 35.6 Å². The minimum Gasteiger partial charge on any atom is -0.480 e. The number of amides is 2. The molecular weight excluding hydrogens is 676 g/mol. The molecule has 0 spiro atoms. The topological polar surface area (TPSA) is 261 Å². The maximum Gasteiger partial charge on any atom is 0.328 e. The standard InChI is InChI=1S/2C15H23N5O2.C4H4O4/c2*1-3-20-10-4-5-11(20)7-9(6-10)18-13(21)12-8-17-15(16)19-14(12)22-2;5-3(6)1-2-4(7)8/h2*8-11H,3-7H2,1-2H3,(H,18,21)(H2,16,17,19);1-2H,(H,5,6)(H,7,8)/t2*9?,10-,11+;. The fourth-order valence-electron chi connectivity index (χ4n) is 7.87. The van der Waals surface area contributed by atoms with Gasteiger partial charge in [-0.2, -0.15) is 9.97 Å². The summed E-state index contributed by atoms with van der Waals surface area (Å²) in [5.74, 6) is -2.25. The first-order chi connectivity index (χ1) is 24.9. The van der Waals surface area contributed by atoms with Crippen LogP contribution in [-0.2, 0) is 9.59 Å². The van der Waals surface area contributed by atoms with Crippen LogP contribution >= 0.6 is 0 Å². The molecule has 0 saturated carbocycles. The van der Waals surface area contributed by atoms with Gasteiger partial charge < -0.3 is 41.8 Å². The highest BCUT2D eigenvalue weighted by Gasteiger charge is 2.41. The van der Waals surface area contributed by atoms with E-state index in [2.05, 4.69) is 54.2 Å². The van der Waals surface area contributed by atoms with Crippen molar-refractivity contribution in [2.75, 3.05) is 38.8 Å². The zero-order chi connectivity index (χ0) is 37.9. The molecule has 2 unspecified atom stereocenters. The number of carbonyl (C=O) groups is 4. The molecular formula is C34H50N10O8. The van der Waals surface area contributed by atoms with E-state index in [-0.39, 0.29) is 47.6 Å². The van der Waals surface area contributed by atoms with E-state index in [0.717, 1.165) is 38.8 Å². The fraction of sp³-hybridized carbons (Fsp3) is 0.588. The summed E-state index contributed by atoms with van der Waals surface area (Å²) in [6.45, 7) is 6.60. The van der Waals surface area contributed by atoms with E-state index in [1.807, 2.05) is 0 Å². The molecule has 4 aliphatic heterocycles. The smallest absolute Gasteiger partial charge is 0.328 e. The third-order valence-electron chi connectivity index (χ3n) is 9.96. The van der Waals surface area contributed by atoms with E-state index in [1.54, 1.807) is 0 Å². The lowest BCUT2D eigenvalue weighted by Crippen LogP contribution is -2.50. The predicted molar refractivity (Wildman–Crippen MR) is 190 cm³/mol. The Morgan fingerprint density at radius 2 is 1.04 bits per heavy atom. The number of methoxy groups -OCH3 is 2. The van der Waals surface area contributed by atoms with Gasteiger partial charge in [-0.1, -0.05) is 13.8 Å². The average molecular weight is 727 g/mol. The molecule has 2 aromatic heterocycles. The van der Waals surface area contributed by atoms with Gasteiger partial charge in [0.15, 0.2) is 0 Å². The minimum atomic E-state index is -1.26. The van der Waals surface area contributed by atoms with Crippen molar-refractivity contribution < 1.29 is 38.9 Å². The van der Waals surface area contributed by atoms with Gasteiger partial charge in [0, 0.05) is 60.8 Å². The van der Waals surface area contributed by atoms with Crippen molar-refractivity contribution in [1.29, 1.82) is 0 Å². The molecule has 6 heterocycles. The first-order valence-corrected chi connectivity index (χ1v) is 17.5. The molecule has 0 radical (unpaired) electrons. The van der Waals surface area contributed by atoms with Gasteiger partial charge in [0.05, 0.1) is 14.2 Å². The number of ether oxygens (including phenoxy) is 2. The number of hydrogen-bond acceptors (Lipinski definition) is 14. The van der Waals surface area contributed by atoms with Gasteiger partial charge in [-0.05, 0) is 64.5 Å². The lowest BCUT2D eigenvalue weighted by Gasteiger charge is -2.38. The molecule has 0 aromatic carbocycles. The van der Waals surface area contributed by atoms with E-state index in [9.17, 15) is 19.2 Å². The molecule has 4 fully saturated rings. The number of carboxylic acids is 2. The lowest BCUT2D eigenvalue weighted by molar-refractivity contribution is -0.134. The molecule has 18 heteroatoms. The molecule has 52 heavy (non-hydrogen) atoms. The van der Waals surface area contributed by atoms with Crippen LogP contribution in [0, 0.1) is 0 Å². The number of nitrogens with zero attached hydrogens (tertiary/aromatic N) is 6. The second kappa shape index (κ2) is 18.4. The number of hydrogen-bond donors (Lipinski definition) is 6. The summed E-state index contributed by atoms with van der Waals surface area (Å²) >= 11 is 0. The molecule has 4 saturated heterocycles. The van der Waals surface area contributed by atoms with Crippen molar-refractivity contribution in [2.24, 2.45) is 0 Å². The van der Waals surface area contributed by atoms with Crippen LogP contribution in [0.3, 0.4) is 0 Å². The summed E-state index contributed by atoms with van der Waals surface area (Å²) < 4.78 is 10.3. The molecule has 18 nitrogen and oxygen atoms in total. The number of nitrogen functional groups attached to an aromatic ring is 2. The summed E-state index contributed by atoms with van der Waals surface area (Å²) in [5, 5.41) is 21.8. The third kappa shape index (κ3) is 10.2. The van der Waals surface area contributed by atoms with Crippen molar-refractivity contribution in [3.63, 3.8) is 0 Å². The molecule has 6 atom stereocenters. The highest BCUT2D eigenvalue weighted by molar-refractivity contribution is 5.97. The van der Waals surface area contributed by atoms with E-state index >= 15 is 0 Å². The van der Waals surface area contributed by atoms with E-state index in [0.29, 0.717) is 47.4 Å². The summed E-state index contributed by atoms with van der Waals surface area (Å²) in [5.41, 5.74) is 11.7. The number of rotatable bonds is 10. The first-order valence-electron chi connectivity index (χ1n) is 17.5. The van der Waals surface area contributed by atoms with E-state index in [1.165, 1.54) is 52.3 Å². The highest BCUT2D eigenvalue weighted by atomic mass is 16.5. The van der Waals surface area contributed by atoms with Crippen LogP contribution < -0.4 is 31.6 Å². The molecule has 8 N–H and O–H groups in total. The van der Waals surface area contributed by atoms with Crippen LogP contribution in [0.1, 0.15) is 85.9 Å². The van der Waals surface area contributed by atoms with Crippen LogP contribution in [0.4, 0.5) is 11.9 Å². The zero-order valence-corrected chi connectivity index (χ0v) is 30.0. The lowest BCUT2D eigenvalue weighted by atomic mass is 9.97. The largest absolute Gasteiger partial charge is 0.480 e. The Hall–Kier alpha value is -5.10. The number of aromatic nitrogens is 4. The summed E-state index contributed by atoms with van der Waals surface area (Å²) in [6, 6.07) is 2.79. The van der Waals surface area contributed by atoms with Crippen LogP contribution in [0.2, 0.25) is 0 Å². The van der Waals surface area contributed by atoms with Gasteiger partial charge in [-0.3, -0.25) is 19.4 Å². The van der Waals surface area contributed by atoms with Crippen molar-refractivity contribution in [3.05, 3.63) is 35.7 Å². The van der Waals surface area contributed by atoms with Crippen molar-refractivity contribution in [1.82, 2.24) is 40.4 Å². The SMILES string of the molecule is CCN1[C@@H]2CC[C@H]1CC(NC(=O)c1cnc(N)nc1OC)C2.CCN1[C@@H]2CC[C@H]1CC(NC(=O)c1cnc(N)nc1OC)C2.O=C(O)C=CC(=O)O. The predicted octanol–water partition coefficient (Wildman–Crippen LogP) is 1.34. The quantitative estimate of drug-likeness (QED) is 0.189. The first kappa shape index (κ1) is 39.7. The molecule has 2 amide bonds. The number of nitrogens with two attached hydrogens (primary N) is 2. The number of fused-ring (bicyclic) bond motifs is 4. The molecule has 6 rings (SSSR count). The summed E-state index contributed by atoms with van der Waals surface area (Å²) in [4.78, 5) is 64.8. The van der Waals surface area contributed by atoms with Gasteiger partial charge in [0.25, 0.3) is 11.8 Å². The molecule has 4 aliphatic rings. The van der Waals surface area contributed by atoms with Gasteiger partial charge >= 0.3 is 11.9 Å². The number of aliphatic carboxylic acids is 2. The monoisotopic (exact) mass is 726 g/mol. The Labute approximate surface area is 302 Å². The van der Waals surface area contributed by atoms with E-state index in [4.69, 9.17) is 31.2 Å². The Kier molecular flexibility index (Phi) is 14.0. The Balaban J connectivity index is 0.000000193. The van der Waals surface area contributed by atoms with E-state index < -0.39 is 11.9 Å². The Bertz CT molecular complexity index is 1470. The molecule has 284 valence electrons. The summed E-state index contributed by atoms with van der Waals surface area (Å²) in [7, 11) is 2.94. The number of nitrogens with one attached hydrogen (secondary N) is 2. The van der Waals surface area contributed by atoms with Gasteiger partial charge in [-0.25, -0.2) is 19.6 Å². The fourth-order valence-corrected chi connectivity index (χ4v) is 7.87. The average Bonchev–Trinajstić information content (AvgIpc) is 3.52. The van der Waals surface area contributed by atoms with Crippen molar-refractivity contribution in [2.45, 2.75) is 101 Å².